The summed E-state index contributed by atoms with van der Waals surface area (Å²) in [7, 11) is -2.43. The van der Waals surface area contributed by atoms with Gasteiger partial charge in [0.05, 0.1) is 24.2 Å². The van der Waals surface area contributed by atoms with Crippen LogP contribution in [0.15, 0.2) is 89.8 Å². The van der Waals surface area contributed by atoms with Crippen LogP contribution in [0, 0.1) is 6.92 Å². The number of carbonyl (C=O) groups excluding carboxylic acids is 1. The summed E-state index contributed by atoms with van der Waals surface area (Å²) in [6.45, 7) is 2.04. The minimum Gasteiger partial charge on any atom is -0.497 e. The van der Waals surface area contributed by atoms with E-state index in [4.69, 9.17) is 9.47 Å². The van der Waals surface area contributed by atoms with Crippen molar-refractivity contribution in [2.45, 2.75) is 24.5 Å². The number of amides is 1. The largest absolute Gasteiger partial charge is 0.497 e. The lowest BCUT2D eigenvalue weighted by atomic mass is 10.1. The lowest BCUT2D eigenvalue weighted by Crippen LogP contribution is -2.50. The summed E-state index contributed by atoms with van der Waals surface area (Å²) in [5.41, 5.74) is 2.24. The molecule has 184 valence electrons. The molecule has 1 heterocycles. The topological polar surface area (TPSA) is 84.9 Å². The number of carbonyl (C=O) groups is 1. The van der Waals surface area contributed by atoms with Gasteiger partial charge in [0.25, 0.3) is 15.9 Å². The van der Waals surface area contributed by atoms with Crippen molar-refractivity contribution in [3.05, 3.63) is 96.1 Å². The van der Waals surface area contributed by atoms with Gasteiger partial charge in [0.15, 0.2) is 6.10 Å². The van der Waals surface area contributed by atoms with Crippen LogP contribution in [0.5, 0.6) is 11.5 Å². The van der Waals surface area contributed by atoms with Crippen molar-refractivity contribution >= 4 is 32.4 Å². The SMILES string of the molecule is COc1ccc(S(=O)(=O)N2C[C@H](C(=O)NCc3ccc4ccccc4c3)Oc3cc(C)ccc32)cc1. The second-order valence-electron chi connectivity index (χ2n) is 8.69. The standard InChI is InChI=1S/C28H26N2O5S/c1-19-7-14-25-26(15-19)35-27(18-30(25)36(32,33)24-12-10-23(34-2)11-13-24)28(31)29-17-20-8-9-21-5-3-4-6-22(21)16-20/h3-16,27H,17-18H2,1-2H3,(H,29,31)/t27-/m1/s1. The number of sulfonamides is 1. The van der Waals surface area contributed by atoms with Crippen molar-refractivity contribution < 1.29 is 22.7 Å². The molecule has 0 bridgehead atoms. The Balaban J connectivity index is 1.40. The molecule has 1 amide bonds. The van der Waals surface area contributed by atoms with Gasteiger partial charge in [-0.3, -0.25) is 9.10 Å². The van der Waals surface area contributed by atoms with Crippen LogP contribution in [0.4, 0.5) is 5.69 Å². The first-order valence-electron chi connectivity index (χ1n) is 11.5. The molecular weight excluding hydrogens is 476 g/mol. The maximum atomic E-state index is 13.6. The van der Waals surface area contributed by atoms with Crippen LogP contribution in [0.2, 0.25) is 0 Å². The summed E-state index contributed by atoms with van der Waals surface area (Å²) in [5.74, 6) is 0.521. The second-order valence-corrected chi connectivity index (χ2v) is 10.6. The number of rotatable bonds is 6. The number of nitrogens with one attached hydrogen (secondary N) is 1. The fourth-order valence-electron chi connectivity index (χ4n) is 4.25. The number of fused-ring (bicyclic) bond motifs is 2. The smallest absolute Gasteiger partial charge is 0.264 e. The Morgan fingerprint density at radius 3 is 2.50 bits per heavy atom. The molecule has 4 aromatic rings. The lowest BCUT2D eigenvalue weighted by Gasteiger charge is -2.35. The molecule has 0 spiro atoms. The molecule has 8 heteroatoms. The van der Waals surface area contributed by atoms with E-state index in [9.17, 15) is 13.2 Å². The highest BCUT2D eigenvalue weighted by atomic mass is 32.2. The number of hydrogen-bond donors (Lipinski definition) is 1. The molecule has 0 unspecified atom stereocenters. The van der Waals surface area contributed by atoms with Gasteiger partial charge in [-0.25, -0.2) is 8.42 Å². The lowest BCUT2D eigenvalue weighted by molar-refractivity contribution is -0.127. The Kier molecular flexibility index (Phi) is 6.28. The molecular formula is C28H26N2O5S. The van der Waals surface area contributed by atoms with Gasteiger partial charge < -0.3 is 14.8 Å². The Morgan fingerprint density at radius 1 is 1.00 bits per heavy atom. The van der Waals surface area contributed by atoms with Crippen molar-refractivity contribution in [2.24, 2.45) is 0 Å². The van der Waals surface area contributed by atoms with E-state index < -0.39 is 16.1 Å². The third-order valence-corrected chi connectivity index (χ3v) is 8.00. The van der Waals surface area contributed by atoms with E-state index >= 15 is 0 Å². The van der Waals surface area contributed by atoms with E-state index in [0.717, 1.165) is 21.9 Å². The summed E-state index contributed by atoms with van der Waals surface area (Å²) < 4.78 is 39.6. The molecule has 1 N–H and O–H groups in total. The maximum Gasteiger partial charge on any atom is 0.264 e. The first-order valence-corrected chi connectivity index (χ1v) is 13.0. The summed E-state index contributed by atoms with van der Waals surface area (Å²) in [5, 5.41) is 5.11. The maximum absolute atomic E-state index is 13.6. The zero-order chi connectivity index (χ0) is 25.3. The predicted octanol–water partition coefficient (Wildman–Crippen LogP) is 4.43. The van der Waals surface area contributed by atoms with E-state index in [-0.39, 0.29) is 17.3 Å². The van der Waals surface area contributed by atoms with Crippen molar-refractivity contribution in [1.29, 1.82) is 0 Å². The third kappa shape index (κ3) is 4.59. The van der Waals surface area contributed by atoms with Crippen LogP contribution in [-0.4, -0.2) is 34.1 Å². The highest BCUT2D eigenvalue weighted by Gasteiger charge is 2.37. The van der Waals surface area contributed by atoms with Crippen LogP contribution >= 0.6 is 0 Å². The average Bonchev–Trinajstić information content (AvgIpc) is 2.90. The van der Waals surface area contributed by atoms with Crippen LogP contribution in [-0.2, 0) is 21.4 Å². The van der Waals surface area contributed by atoms with Gasteiger partial charge in [-0.2, -0.15) is 0 Å². The van der Waals surface area contributed by atoms with Crippen LogP contribution in [0.25, 0.3) is 10.8 Å². The number of ether oxygens (including phenoxy) is 2. The number of benzene rings is 4. The Labute approximate surface area is 210 Å². The van der Waals surface area contributed by atoms with Crippen LogP contribution < -0.4 is 19.1 Å². The molecule has 36 heavy (non-hydrogen) atoms. The molecule has 0 saturated heterocycles. The monoisotopic (exact) mass is 502 g/mol. The molecule has 7 nitrogen and oxygen atoms in total. The molecule has 0 radical (unpaired) electrons. The predicted molar refractivity (Wildman–Crippen MR) is 139 cm³/mol. The third-order valence-electron chi connectivity index (χ3n) is 6.21. The molecule has 4 aromatic carbocycles. The molecule has 0 aliphatic carbocycles. The van der Waals surface area contributed by atoms with Gasteiger partial charge in [-0.05, 0) is 71.3 Å². The van der Waals surface area contributed by atoms with Crippen LogP contribution in [0.1, 0.15) is 11.1 Å². The fourth-order valence-corrected chi connectivity index (χ4v) is 5.73. The number of methoxy groups -OCH3 is 1. The molecule has 0 fully saturated rings. The van der Waals surface area contributed by atoms with E-state index in [1.165, 1.54) is 23.5 Å². The Bertz CT molecular complexity index is 1530. The van der Waals surface area contributed by atoms with Gasteiger partial charge in [0, 0.05) is 6.54 Å². The average molecular weight is 503 g/mol. The zero-order valence-electron chi connectivity index (χ0n) is 20.0. The van der Waals surface area contributed by atoms with Gasteiger partial charge in [-0.15, -0.1) is 0 Å². The van der Waals surface area contributed by atoms with Gasteiger partial charge in [0.2, 0.25) is 0 Å². The minimum absolute atomic E-state index is 0.104. The summed E-state index contributed by atoms with van der Waals surface area (Å²) in [6, 6.07) is 25.4. The van der Waals surface area contributed by atoms with Crippen molar-refractivity contribution in [1.82, 2.24) is 5.32 Å². The number of anilines is 1. The van der Waals surface area contributed by atoms with Crippen molar-refractivity contribution in [3.8, 4) is 11.5 Å². The summed E-state index contributed by atoms with van der Waals surface area (Å²) >= 11 is 0. The molecule has 5 rings (SSSR count). The minimum atomic E-state index is -3.95. The molecule has 0 saturated carbocycles. The zero-order valence-corrected chi connectivity index (χ0v) is 20.8. The summed E-state index contributed by atoms with van der Waals surface area (Å²) in [6.07, 6.45) is -1.01. The number of nitrogens with zero attached hydrogens (tertiary/aromatic N) is 1. The molecule has 0 aromatic heterocycles. The van der Waals surface area contributed by atoms with E-state index in [1.54, 1.807) is 24.3 Å². The van der Waals surface area contributed by atoms with Gasteiger partial charge in [-0.1, -0.05) is 42.5 Å². The van der Waals surface area contributed by atoms with Crippen molar-refractivity contribution in [3.63, 3.8) is 0 Å². The molecule has 1 aliphatic heterocycles. The number of hydrogen-bond acceptors (Lipinski definition) is 5. The fraction of sp³-hybridized carbons (Fsp3) is 0.179. The van der Waals surface area contributed by atoms with Gasteiger partial charge >= 0.3 is 0 Å². The first-order chi connectivity index (χ1) is 17.3. The Hall–Kier alpha value is -4.04. The van der Waals surface area contributed by atoms with Gasteiger partial charge in [0.1, 0.15) is 11.5 Å². The first kappa shape index (κ1) is 23.7. The summed E-state index contributed by atoms with van der Waals surface area (Å²) in [4.78, 5) is 13.3. The number of aryl methyl sites for hydroxylation is 1. The van der Waals surface area contributed by atoms with E-state index in [1.807, 2.05) is 55.5 Å². The molecule has 1 aliphatic rings. The van der Waals surface area contributed by atoms with E-state index in [2.05, 4.69) is 5.32 Å². The normalized spacial score (nSPS) is 15.2. The quantitative estimate of drug-likeness (QED) is 0.422. The van der Waals surface area contributed by atoms with Crippen LogP contribution in [0.3, 0.4) is 0 Å². The Morgan fingerprint density at radius 2 is 1.75 bits per heavy atom. The second kappa shape index (κ2) is 9.54. The van der Waals surface area contributed by atoms with Crippen molar-refractivity contribution in [2.75, 3.05) is 18.0 Å². The highest BCUT2D eigenvalue weighted by molar-refractivity contribution is 7.92. The van der Waals surface area contributed by atoms with E-state index in [0.29, 0.717) is 23.7 Å². The molecule has 1 atom stereocenters. The highest BCUT2D eigenvalue weighted by Crippen LogP contribution is 2.38.